The quantitative estimate of drug-likeness (QED) is 0.401. The minimum atomic E-state index is -0.182. The van der Waals surface area contributed by atoms with Crippen LogP contribution in [0.4, 0.5) is 10.7 Å². The largest absolute Gasteiger partial charge is 0.492 e. The normalized spacial score (nSPS) is 10.8. The SMILES string of the molecule is CC(C)NC(=N)c1c(O)nsc1Nc1ccc(C(=O)NC(C)C)cc1. The topological polar surface area (TPSA) is 110 Å². The number of carbonyl (C=O) groups excluding carboxylic acids is 1. The molecule has 0 aliphatic rings. The first-order valence-electron chi connectivity index (χ1n) is 8.00. The van der Waals surface area contributed by atoms with E-state index >= 15 is 0 Å². The zero-order valence-electron chi connectivity index (χ0n) is 14.7. The average molecular weight is 361 g/mol. The fourth-order valence-corrected chi connectivity index (χ4v) is 2.85. The maximum atomic E-state index is 12.0. The molecular formula is C17H23N5O2S. The van der Waals surface area contributed by atoms with Gasteiger partial charge in [-0.05, 0) is 63.5 Å². The van der Waals surface area contributed by atoms with E-state index in [2.05, 4.69) is 20.3 Å². The standard InChI is InChI=1S/C17H23N5O2S/c1-9(2)19-14(18)13-16(24)22-25-17(13)21-12-7-5-11(6-8-12)15(23)20-10(3)4/h5-10,21H,1-4H3,(H2,18,19)(H,20,23)(H,22,24). The summed E-state index contributed by atoms with van der Waals surface area (Å²) in [7, 11) is 0. The van der Waals surface area contributed by atoms with Gasteiger partial charge in [0.15, 0.2) is 0 Å². The first-order valence-corrected chi connectivity index (χ1v) is 8.77. The summed E-state index contributed by atoms with van der Waals surface area (Å²) in [5, 5.41) is 27.5. The van der Waals surface area contributed by atoms with E-state index in [9.17, 15) is 9.90 Å². The Balaban J connectivity index is 2.15. The molecule has 0 saturated heterocycles. The van der Waals surface area contributed by atoms with E-state index in [0.29, 0.717) is 16.1 Å². The van der Waals surface area contributed by atoms with Crippen LogP contribution in [0.25, 0.3) is 0 Å². The van der Waals surface area contributed by atoms with E-state index in [0.717, 1.165) is 17.2 Å². The van der Waals surface area contributed by atoms with Crippen LogP contribution in [-0.4, -0.2) is 33.3 Å². The van der Waals surface area contributed by atoms with Crippen LogP contribution in [0.1, 0.15) is 43.6 Å². The zero-order chi connectivity index (χ0) is 18.6. The van der Waals surface area contributed by atoms with Crippen molar-refractivity contribution < 1.29 is 9.90 Å². The van der Waals surface area contributed by atoms with Gasteiger partial charge in [0.25, 0.3) is 5.91 Å². The van der Waals surface area contributed by atoms with Gasteiger partial charge in [0.1, 0.15) is 16.4 Å². The summed E-state index contributed by atoms with van der Waals surface area (Å²) in [5.41, 5.74) is 1.64. The molecule has 1 aromatic carbocycles. The Bertz CT molecular complexity index is 753. The van der Waals surface area contributed by atoms with Gasteiger partial charge in [-0.25, -0.2) is 0 Å². The van der Waals surface area contributed by atoms with E-state index < -0.39 is 0 Å². The second kappa shape index (κ2) is 7.98. The number of benzene rings is 1. The van der Waals surface area contributed by atoms with Crippen LogP contribution in [-0.2, 0) is 0 Å². The Kier molecular flexibility index (Phi) is 5.97. The third-order valence-electron chi connectivity index (χ3n) is 3.18. The summed E-state index contributed by atoms with van der Waals surface area (Å²) < 4.78 is 3.91. The second-order valence-corrected chi connectivity index (χ2v) is 6.99. The maximum absolute atomic E-state index is 12.0. The lowest BCUT2D eigenvalue weighted by atomic mass is 10.2. The molecule has 2 rings (SSSR count). The lowest BCUT2D eigenvalue weighted by Gasteiger charge is -2.13. The molecule has 0 aliphatic carbocycles. The number of aromatic nitrogens is 1. The maximum Gasteiger partial charge on any atom is 0.251 e. The van der Waals surface area contributed by atoms with Crippen molar-refractivity contribution in [2.45, 2.75) is 39.8 Å². The van der Waals surface area contributed by atoms with Crippen molar-refractivity contribution in [1.29, 1.82) is 5.41 Å². The molecule has 0 unspecified atom stereocenters. The number of aromatic hydroxyl groups is 1. The van der Waals surface area contributed by atoms with Crippen LogP contribution in [0.2, 0.25) is 0 Å². The molecular weight excluding hydrogens is 338 g/mol. The molecule has 0 saturated carbocycles. The summed E-state index contributed by atoms with van der Waals surface area (Å²) in [5.74, 6) is -0.198. The molecule has 2 aromatic rings. The van der Waals surface area contributed by atoms with Gasteiger partial charge < -0.3 is 21.1 Å². The molecule has 0 bridgehead atoms. The van der Waals surface area contributed by atoms with Gasteiger partial charge >= 0.3 is 0 Å². The lowest BCUT2D eigenvalue weighted by Crippen LogP contribution is -2.30. The number of hydrogen-bond donors (Lipinski definition) is 5. The van der Waals surface area contributed by atoms with Crippen LogP contribution in [0, 0.1) is 5.41 Å². The van der Waals surface area contributed by atoms with Gasteiger partial charge in [0.2, 0.25) is 5.88 Å². The first kappa shape index (κ1) is 18.7. The smallest absolute Gasteiger partial charge is 0.251 e. The van der Waals surface area contributed by atoms with Crippen LogP contribution >= 0.6 is 11.5 Å². The van der Waals surface area contributed by atoms with Crippen molar-refractivity contribution in [3.05, 3.63) is 35.4 Å². The summed E-state index contributed by atoms with van der Waals surface area (Å²) in [6.07, 6.45) is 0. The molecule has 1 heterocycles. The molecule has 0 fully saturated rings. The second-order valence-electron chi connectivity index (χ2n) is 6.21. The highest BCUT2D eigenvalue weighted by molar-refractivity contribution is 7.11. The van der Waals surface area contributed by atoms with E-state index in [1.807, 2.05) is 27.7 Å². The zero-order valence-corrected chi connectivity index (χ0v) is 15.5. The number of hydrogen-bond acceptors (Lipinski definition) is 6. The molecule has 5 N–H and O–H groups in total. The molecule has 1 amide bonds. The number of amidine groups is 1. The highest BCUT2D eigenvalue weighted by Crippen LogP contribution is 2.32. The van der Waals surface area contributed by atoms with Crippen LogP contribution in [0.15, 0.2) is 24.3 Å². The van der Waals surface area contributed by atoms with Crippen LogP contribution in [0.3, 0.4) is 0 Å². The first-order chi connectivity index (χ1) is 11.8. The van der Waals surface area contributed by atoms with Crippen molar-refractivity contribution in [1.82, 2.24) is 15.0 Å². The van der Waals surface area contributed by atoms with Gasteiger partial charge in [-0.2, -0.15) is 4.37 Å². The highest BCUT2D eigenvalue weighted by Gasteiger charge is 2.18. The Hall–Kier alpha value is -2.61. The minimum absolute atomic E-state index is 0.0680. The Morgan fingerprint density at radius 1 is 1.12 bits per heavy atom. The number of rotatable bonds is 6. The highest BCUT2D eigenvalue weighted by atomic mass is 32.1. The van der Waals surface area contributed by atoms with Gasteiger partial charge in [-0.3, -0.25) is 10.2 Å². The van der Waals surface area contributed by atoms with Gasteiger partial charge in [-0.1, -0.05) is 0 Å². The number of anilines is 2. The predicted octanol–water partition coefficient (Wildman–Crippen LogP) is 3.05. The fourth-order valence-electron chi connectivity index (χ4n) is 2.13. The summed E-state index contributed by atoms with van der Waals surface area (Å²) in [6.45, 7) is 7.65. The number of carbonyl (C=O) groups is 1. The molecule has 0 atom stereocenters. The van der Waals surface area contributed by atoms with Crippen molar-refractivity contribution in [3.63, 3.8) is 0 Å². The Morgan fingerprint density at radius 2 is 1.72 bits per heavy atom. The molecule has 25 heavy (non-hydrogen) atoms. The van der Waals surface area contributed by atoms with E-state index in [1.165, 1.54) is 0 Å². The molecule has 0 radical (unpaired) electrons. The fraction of sp³-hybridized carbons (Fsp3) is 0.353. The minimum Gasteiger partial charge on any atom is -0.492 e. The summed E-state index contributed by atoms with van der Waals surface area (Å²) >= 11 is 1.07. The van der Waals surface area contributed by atoms with Crippen LogP contribution in [0.5, 0.6) is 5.88 Å². The lowest BCUT2D eigenvalue weighted by molar-refractivity contribution is 0.0943. The van der Waals surface area contributed by atoms with Crippen molar-refractivity contribution in [2.24, 2.45) is 0 Å². The van der Waals surface area contributed by atoms with Gasteiger partial charge in [0.05, 0.1) is 0 Å². The van der Waals surface area contributed by atoms with E-state index in [-0.39, 0.29) is 29.7 Å². The van der Waals surface area contributed by atoms with Crippen LogP contribution < -0.4 is 16.0 Å². The third-order valence-corrected chi connectivity index (χ3v) is 3.93. The summed E-state index contributed by atoms with van der Waals surface area (Å²) in [6, 6.07) is 7.13. The predicted molar refractivity (Wildman–Crippen MR) is 101 cm³/mol. The van der Waals surface area contributed by atoms with E-state index in [1.54, 1.807) is 24.3 Å². The molecule has 1 aromatic heterocycles. The third kappa shape index (κ3) is 4.93. The molecule has 0 aliphatic heterocycles. The molecule has 7 nitrogen and oxygen atoms in total. The molecule has 8 heteroatoms. The number of nitrogens with zero attached hydrogens (tertiary/aromatic N) is 1. The summed E-state index contributed by atoms with van der Waals surface area (Å²) in [4.78, 5) is 12.0. The monoisotopic (exact) mass is 361 g/mol. The number of nitrogens with one attached hydrogen (secondary N) is 4. The average Bonchev–Trinajstić information content (AvgIpc) is 2.87. The van der Waals surface area contributed by atoms with E-state index in [4.69, 9.17) is 5.41 Å². The van der Waals surface area contributed by atoms with Crippen molar-refractivity contribution in [3.8, 4) is 5.88 Å². The van der Waals surface area contributed by atoms with Crippen molar-refractivity contribution in [2.75, 3.05) is 5.32 Å². The molecule has 134 valence electrons. The number of amides is 1. The Morgan fingerprint density at radius 3 is 2.28 bits per heavy atom. The van der Waals surface area contributed by atoms with Gasteiger partial charge in [0, 0.05) is 23.3 Å². The molecule has 0 spiro atoms. The Labute approximate surface area is 151 Å². The van der Waals surface area contributed by atoms with Gasteiger partial charge in [-0.15, -0.1) is 0 Å². The van der Waals surface area contributed by atoms with Crippen molar-refractivity contribution >= 4 is 34.0 Å².